The van der Waals surface area contributed by atoms with E-state index in [-0.39, 0.29) is 13.0 Å². The molecule has 0 unspecified atom stereocenters. The van der Waals surface area contributed by atoms with Crippen molar-refractivity contribution in [1.29, 1.82) is 0 Å². The Labute approximate surface area is 148 Å². The van der Waals surface area contributed by atoms with Crippen LogP contribution in [0.2, 0.25) is 0 Å². The number of carboxylic acid groups (broad SMARTS) is 1. The van der Waals surface area contributed by atoms with Crippen LogP contribution in [0.3, 0.4) is 0 Å². The van der Waals surface area contributed by atoms with Crippen molar-refractivity contribution in [2.45, 2.75) is 25.6 Å². The number of carbonyl (C=O) groups is 2. The molecule has 138 valence electrons. The zero-order valence-corrected chi connectivity index (χ0v) is 13.7. The number of nitrogens with zero attached hydrogens (tertiary/aromatic N) is 2. The Morgan fingerprint density at radius 2 is 1.77 bits per heavy atom. The summed E-state index contributed by atoms with van der Waals surface area (Å²) in [6.45, 7) is -0.604. The van der Waals surface area contributed by atoms with Gasteiger partial charge in [0, 0.05) is 24.9 Å². The summed E-state index contributed by atoms with van der Waals surface area (Å²) in [7, 11) is 0. The first-order chi connectivity index (χ1) is 12.3. The van der Waals surface area contributed by atoms with E-state index in [0.29, 0.717) is 17.7 Å². The van der Waals surface area contributed by atoms with E-state index in [1.165, 1.54) is 12.1 Å². The fourth-order valence-corrected chi connectivity index (χ4v) is 2.35. The maximum atomic E-state index is 12.6. The number of aryl methyl sites for hydroxylation is 1. The van der Waals surface area contributed by atoms with Crippen LogP contribution in [0.4, 0.5) is 13.2 Å². The maximum absolute atomic E-state index is 12.6. The number of hydrogen-bond donors (Lipinski definition) is 1. The number of carbonyl (C=O) groups excluding carboxylic acids is 1. The van der Waals surface area contributed by atoms with Gasteiger partial charge in [-0.15, -0.1) is 0 Å². The number of pyridine rings is 1. The predicted octanol–water partition coefficient (Wildman–Crippen LogP) is 3.15. The minimum absolute atomic E-state index is 0.0604. The van der Waals surface area contributed by atoms with Gasteiger partial charge in [-0.05, 0) is 36.2 Å². The molecule has 2 aromatic rings. The summed E-state index contributed by atoms with van der Waals surface area (Å²) in [4.78, 5) is 28.5. The Morgan fingerprint density at radius 1 is 1.08 bits per heavy atom. The van der Waals surface area contributed by atoms with Crippen LogP contribution in [-0.2, 0) is 28.7 Å². The van der Waals surface area contributed by atoms with Gasteiger partial charge in [-0.25, -0.2) is 0 Å². The number of halogens is 3. The van der Waals surface area contributed by atoms with Crippen molar-refractivity contribution in [3.05, 3.63) is 65.5 Å². The Bertz CT molecular complexity index is 747. The lowest BCUT2D eigenvalue weighted by Crippen LogP contribution is -2.35. The average Bonchev–Trinajstić information content (AvgIpc) is 2.59. The number of hydrogen-bond acceptors (Lipinski definition) is 3. The number of rotatable bonds is 7. The Balaban J connectivity index is 2.04. The number of amides is 1. The van der Waals surface area contributed by atoms with Gasteiger partial charge in [-0.2, -0.15) is 13.2 Å². The van der Waals surface area contributed by atoms with E-state index in [4.69, 9.17) is 5.11 Å². The molecule has 26 heavy (non-hydrogen) atoms. The predicted molar refractivity (Wildman–Crippen MR) is 87.1 cm³/mol. The van der Waals surface area contributed by atoms with Gasteiger partial charge >= 0.3 is 12.1 Å². The van der Waals surface area contributed by atoms with Crippen LogP contribution in [0, 0.1) is 0 Å². The summed E-state index contributed by atoms with van der Waals surface area (Å²) in [5.41, 5.74) is 0.323. The third kappa shape index (κ3) is 5.87. The van der Waals surface area contributed by atoms with Crippen molar-refractivity contribution in [1.82, 2.24) is 9.88 Å². The van der Waals surface area contributed by atoms with Gasteiger partial charge in [-0.3, -0.25) is 14.6 Å². The van der Waals surface area contributed by atoms with Crippen LogP contribution in [0.1, 0.15) is 23.2 Å². The van der Waals surface area contributed by atoms with Crippen LogP contribution < -0.4 is 0 Å². The van der Waals surface area contributed by atoms with Gasteiger partial charge in [0.1, 0.15) is 6.54 Å². The molecule has 0 aliphatic rings. The summed E-state index contributed by atoms with van der Waals surface area (Å²) in [5.74, 6) is -1.60. The van der Waals surface area contributed by atoms with Crippen molar-refractivity contribution in [3.8, 4) is 0 Å². The lowest BCUT2D eigenvalue weighted by molar-refractivity contribution is -0.144. The van der Waals surface area contributed by atoms with Gasteiger partial charge in [0.25, 0.3) is 0 Å². The normalized spacial score (nSPS) is 11.2. The van der Waals surface area contributed by atoms with Gasteiger partial charge in [0.05, 0.1) is 5.56 Å². The van der Waals surface area contributed by atoms with Crippen molar-refractivity contribution in [2.24, 2.45) is 0 Å². The van der Waals surface area contributed by atoms with Crippen molar-refractivity contribution < 1.29 is 27.9 Å². The second kappa shape index (κ2) is 8.46. The van der Waals surface area contributed by atoms with Gasteiger partial charge < -0.3 is 10.0 Å². The highest BCUT2D eigenvalue weighted by molar-refractivity contribution is 5.81. The van der Waals surface area contributed by atoms with Crippen LogP contribution in [0.15, 0.2) is 48.7 Å². The van der Waals surface area contributed by atoms with Crippen LogP contribution in [0.25, 0.3) is 0 Å². The number of benzene rings is 1. The van der Waals surface area contributed by atoms with E-state index < -0.39 is 30.2 Å². The molecular formula is C18H17F3N2O3. The largest absolute Gasteiger partial charge is 0.480 e. The highest BCUT2D eigenvalue weighted by atomic mass is 19.4. The molecule has 0 saturated carbocycles. The monoisotopic (exact) mass is 366 g/mol. The Morgan fingerprint density at radius 3 is 2.31 bits per heavy atom. The Kier molecular flexibility index (Phi) is 6.32. The maximum Gasteiger partial charge on any atom is 0.416 e. The lowest BCUT2D eigenvalue weighted by atomic mass is 10.1. The van der Waals surface area contributed by atoms with Gasteiger partial charge in [-0.1, -0.05) is 18.2 Å². The van der Waals surface area contributed by atoms with Crippen LogP contribution in [-0.4, -0.2) is 33.4 Å². The minimum atomic E-state index is -4.45. The summed E-state index contributed by atoms with van der Waals surface area (Å²) < 4.78 is 37.8. The first-order valence-electron chi connectivity index (χ1n) is 7.81. The average molecular weight is 366 g/mol. The molecule has 5 nitrogen and oxygen atoms in total. The molecular weight excluding hydrogens is 349 g/mol. The molecule has 1 aromatic heterocycles. The van der Waals surface area contributed by atoms with E-state index in [2.05, 4.69) is 4.98 Å². The number of aliphatic carboxylic acids is 1. The molecule has 1 aromatic carbocycles. The Hall–Kier alpha value is -2.90. The molecule has 0 radical (unpaired) electrons. The quantitative estimate of drug-likeness (QED) is 0.817. The molecule has 1 amide bonds. The zero-order chi connectivity index (χ0) is 19.2. The molecule has 0 saturated heterocycles. The van der Waals surface area contributed by atoms with Crippen molar-refractivity contribution >= 4 is 11.9 Å². The second-order valence-corrected chi connectivity index (χ2v) is 5.66. The minimum Gasteiger partial charge on any atom is -0.480 e. The highest BCUT2D eigenvalue weighted by Gasteiger charge is 2.30. The van der Waals surface area contributed by atoms with Crippen LogP contribution >= 0.6 is 0 Å². The van der Waals surface area contributed by atoms with Gasteiger partial charge in [0.15, 0.2) is 0 Å². The van der Waals surface area contributed by atoms with E-state index in [1.807, 2.05) is 0 Å². The number of alkyl halides is 3. The third-order valence-electron chi connectivity index (χ3n) is 3.65. The fourth-order valence-electron chi connectivity index (χ4n) is 2.35. The van der Waals surface area contributed by atoms with E-state index in [1.54, 1.807) is 24.4 Å². The molecule has 0 bridgehead atoms. The standard InChI is InChI=1S/C18H17F3N2O3/c19-18(20,21)14-6-4-13(5-7-14)11-23(12-17(25)26)16(24)9-8-15-3-1-2-10-22-15/h1-7,10H,8-9,11-12H2,(H,25,26). The molecule has 0 atom stereocenters. The fraction of sp³-hybridized carbons (Fsp3) is 0.278. The summed E-state index contributed by atoms with van der Waals surface area (Å²) in [5, 5.41) is 8.99. The van der Waals surface area contributed by atoms with E-state index >= 15 is 0 Å². The molecule has 0 spiro atoms. The lowest BCUT2D eigenvalue weighted by Gasteiger charge is -2.21. The molecule has 2 rings (SSSR count). The molecule has 1 heterocycles. The molecule has 0 aliphatic carbocycles. The SMILES string of the molecule is O=C(O)CN(Cc1ccc(C(F)(F)F)cc1)C(=O)CCc1ccccn1. The smallest absolute Gasteiger partial charge is 0.416 e. The second-order valence-electron chi connectivity index (χ2n) is 5.66. The first kappa shape index (κ1) is 19.4. The zero-order valence-electron chi connectivity index (χ0n) is 13.7. The van der Waals surface area contributed by atoms with Crippen molar-refractivity contribution in [3.63, 3.8) is 0 Å². The van der Waals surface area contributed by atoms with Crippen molar-refractivity contribution in [2.75, 3.05) is 6.54 Å². The van der Waals surface area contributed by atoms with E-state index in [9.17, 15) is 22.8 Å². The molecule has 8 heteroatoms. The molecule has 1 N–H and O–H groups in total. The summed E-state index contributed by atoms with van der Waals surface area (Å²) in [6, 6.07) is 9.58. The van der Waals surface area contributed by atoms with E-state index in [0.717, 1.165) is 17.0 Å². The highest BCUT2D eigenvalue weighted by Crippen LogP contribution is 2.29. The van der Waals surface area contributed by atoms with Gasteiger partial charge in [0.2, 0.25) is 5.91 Å². The third-order valence-corrected chi connectivity index (χ3v) is 3.65. The molecule has 0 aliphatic heterocycles. The summed E-state index contributed by atoms with van der Waals surface area (Å²) >= 11 is 0. The summed E-state index contributed by atoms with van der Waals surface area (Å²) in [6.07, 6.45) is -2.44. The first-order valence-corrected chi connectivity index (χ1v) is 7.81. The number of carboxylic acids is 1. The number of aromatic nitrogens is 1. The molecule has 0 fully saturated rings. The van der Waals surface area contributed by atoms with Crippen LogP contribution in [0.5, 0.6) is 0 Å². The topological polar surface area (TPSA) is 70.5 Å².